The third-order valence-corrected chi connectivity index (χ3v) is 1.17. The van der Waals surface area contributed by atoms with Crippen LogP contribution in [0.2, 0.25) is 0 Å². The average Bonchev–Trinajstić information content (AvgIpc) is 1.85. The highest BCUT2D eigenvalue weighted by Gasteiger charge is 2.03. The lowest BCUT2D eigenvalue weighted by Crippen LogP contribution is -2.10. The molecule has 0 bridgehead atoms. The third kappa shape index (κ3) is 1.67. The minimum absolute atomic E-state index is 0.0394. The van der Waals surface area contributed by atoms with Gasteiger partial charge in [-0.05, 0) is 12.1 Å². The summed E-state index contributed by atoms with van der Waals surface area (Å²) in [4.78, 5) is 10.4. The number of carbonyl (C=O) groups excluding carboxylic acids is 1. The number of halogens is 1. The number of rotatable bonds is 1. The van der Waals surface area contributed by atoms with Gasteiger partial charge in [-0.2, -0.15) is 0 Å². The molecule has 1 aromatic carbocycles. The molecule has 0 radical (unpaired) electrons. The Morgan fingerprint density at radius 1 is 1.45 bits per heavy atom. The minimum atomic E-state index is -0.764. The first kappa shape index (κ1) is 7.53. The Labute approximate surface area is 62.3 Å². The number of nitrogens with two attached hydrogens (primary N) is 1. The highest BCUT2D eigenvalue weighted by molar-refractivity contribution is 5.93. The van der Waals surface area contributed by atoms with Crippen molar-refractivity contribution in [2.45, 2.75) is 0 Å². The molecule has 4 heteroatoms. The lowest BCUT2D eigenvalue weighted by Gasteiger charge is -1.96. The summed E-state index contributed by atoms with van der Waals surface area (Å²) in [6, 6.07) is 2.96. The fraction of sp³-hybridized carbons (Fsp3) is 0. The Kier molecular flexibility index (Phi) is 1.76. The normalized spacial score (nSPS) is 9.55. The first-order valence-corrected chi connectivity index (χ1v) is 2.89. The van der Waals surface area contributed by atoms with Gasteiger partial charge in [-0.1, -0.05) is 0 Å². The second kappa shape index (κ2) is 2.57. The fourth-order valence-electron chi connectivity index (χ4n) is 0.716. The number of phenols is 1. The van der Waals surface area contributed by atoms with E-state index in [1.807, 2.05) is 0 Å². The van der Waals surface area contributed by atoms with Crippen molar-refractivity contribution in [1.82, 2.24) is 0 Å². The zero-order valence-corrected chi connectivity index (χ0v) is 5.54. The molecule has 0 saturated heterocycles. The molecule has 0 aliphatic rings. The van der Waals surface area contributed by atoms with Crippen molar-refractivity contribution in [1.29, 1.82) is 0 Å². The first-order chi connectivity index (χ1) is 5.09. The maximum atomic E-state index is 12.4. The molecule has 11 heavy (non-hydrogen) atoms. The van der Waals surface area contributed by atoms with Gasteiger partial charge in [-0.15, -0.1) is 0 Å². The highest BCUT2D eigenvalue weighted by atomic mass is 19.1. The molecule has 0 aliphatic heterocycles. The van der Waals surface area contributed by atoms with Gasteiger partial charge < -0.3 is 10.8 Å². The predicted molar refractivity (Wildman–Crippen MR) is 36.6 cm³/mol. The summed E-state index contributed by atoms with van der Waals surface area (Å²) < 4.78 is 12.4. The van der Waals surface area contributed by atoms with Crippen molar-refractivity contribution < 1.29 is 14.3 Å². The lowest BCUT2D eigenvalue weighted by atomic mass is 10.2. The smallest absolute Gasteiger partial charge is 0.248 e. The Hall–Kier alpha value is -1.58. The molecule has 58 valence electrons. The van der Waals surface area contributed by atoms with E-state index in [4.69, 9.17) is 10.8 Å². The second-order valence-electron chi connectivity index (χ2n) is 2.06. The molecule has 0 saturated carbocycles. The van der Waals surface area contributed by atoms with Gasteiger partial charge in [0.25, 0.3) is 0 Å². The van der Waals surface area contributed by atoms with Gasteiger partial charge >= 0.3 is 0 Å². The minimum Gasteiger partial charge on any atom is -0.508 e. The number of hydrogen-bond acceptors (Lipinski definition) is 2. The van der Waals surface area contributed by atoms with Gasteiger partial charge in [0, 0.05) is 11.6 Å². The summed E-state index contributed by atoms with van der Waals surface area (Å²) in [5.41, 5.74) is 4.80. The summed E-state index contributed by atoms with van der Waals surface area (Å²) in [6.07, 6.45) is 0. The van der Waals surface area contributed by atoms with E-state index >= 15 is 0 Å². The molecule has 3 N–H and O–H groups in total. The zero-order valence-electron chi connectivity index (χ0n) is 5.54. The van der Waals surface area contributed by atoms with Crippen molar-refractivity contribution in [2.75, 3.05) is 0 Å². The van der Waals surface area contributed by atoms with Crippen LogP contribution in [-0.2, 0) is 0 Å². The van der Waals surface area contributed by atoms with Crippen molar-refractivity contribution in [3.8, 4) is 5.75 Å². The largest absolute Gasteiger partial charge is 0.508 e. The van der Waals surface area contributed by atoms with Gasteiger partial charge in [0.05, 0.1) is 0 Å². The second-order valence-corrected chi connectivity index (χ2v) is 2.06. The van der Waals surface area contributed by atoms with E-state index in [9.17, 15) is 9.18 Å². The average molecular weight is 155 g/mol. The predicted octanol–water partition coefficient (Wildman–Crippen LogP) is 0.630. The van der Waals surface area contributed by atoms with Crippen LogP contribution in [0.4, 0.5) is 4.39 Å². The Bertz CT molecular complexity index is 278. The van der Waals surface area contributed by atoms with Crippen molar-refractivity contribution in [3.63, 3.8) is 0 Å². The highest BCUT2D eigenvalue weighted by Crippen LogP contribution is 2.13. The topological polar surface area (TPSA) is 63.3 Å². The molecular weight excluding hydrogens is 149 g/mol. The third-order valence-electron chi connectivity index (χ3n) is 1.17. The number of primary amides is 1. The standard InChI is InChI=1S/C7H6FNO2/c8-5-1-4(7(9)11)2-6(10)3-5/h1-3,10H,(H2,9,11). The van der Waals surface area contributed by atoms with Crippen LogP contribution in [0.25, 0.3) is 0 Å². The summed E-state index contributed by atoms with van der Waals surface area (Å²) >= 11 is 0. The summed E-state index contributed by atoms with van der Waals surface area (Å²) in [5, 5.41) is 8.80. The molecule has 3 nitrogen and oxygen atoms in total. The van der Waals surface area contributed by atoms with Crippen LogP contribution in [0.1, 0.15) is 10.4 Å². The van der Waals surface area contributed by atoms with Crippen LogP contribution in [0, 0.1) is 5.82 Å². The van der Waals surface area contributed by atoms with Gasteiger partial charge in [0.2, 0.25) is 5.91 Å². The van der Waals surface area contributed by atoms with Gasteiger partial charge in [0.1, 0.15) is 11.6 Å². The number of aromatic hydroxyl groups is 1. The SMILES string of the molecule is NC(=O)c1cc(O)cc(F)c1. The van der Waals surface area contributed by atoms with E-state index in [0.717, 1.165) is 18.2 Å². The van der Waals surface area contributed by atoms with E-state index < -0.39 is 11.7 Å². The molecule has 0 heterocycles. The monoisotopic (exact) mass is 155 g/mol. The number of amides is 1. The van der Waals surface area contributed by atoms with Gasteiger partial charge in [-0.3, -0.25) is 4.79 Å². The molecule has 1 amide bonds. The van der Waals surface area contributed by atoms with Crippen LogP contribution in [0.5, 0.6) is 5.75 Å². The molecule has 1 aromatic rings. The maximum Gasteiger partial charge on any atom is 0.248 e. The van der Waals surface area contributed by atoms with Crippen LogP contribution in [0.3, 0.4) is 0 Å². The van der Waals surface area contributed by atoms with E-state index in [0.29, 0.717) is 0 Å². The van der Waals surface area contributed by atoms with Gasteiger partial charge in [0.15, 0.2) is 0 Å². The molecule has 0 spiro atoms. The molecule has 0 aliphatic carbocycles. The lowest BCUT2D eigenvalue weighted by molar-refractivity contribution is 0.0999. The number of carbonyl (C=O) groups is 1. The molecular formula is C7H6FNO2. The van der Waals surface area contributed by atoms with Crippen LogP contribution >= 0.6 is 0 Å². The van der Waals surface area contributed by atoms with Crippen molar-refractivity contribution >= 4 is 5.91 Å². The van der Waals surface area contributed by atoms with E-state index in [-0.39, 0.29) is 11.3 Å². The number of hydrogen-bond donors (Lipinski definition) is 2. The van der Waals surface area contributed by atoms with Crippen molar-refractivity contribution in [3.05, 3.63) is 29.6 Å². The van der Waals surface area contributed by atoms with Crippen molar-refractivity contribution in [2.24, 2.45) is 5.73 Å². The Morgan fingerprint density at radius 3 is 2.55 bits per heavy atom. The summed E-state index contributed by atoms with van der Waals surface area (Å²) in [6.45, 7) is 0. The van der Waals surface area contributed by atoms with E-state index in [1.54, 1.807) is 0 Å². The zero-order chi connectivity index (χ0) is 8.43. The fourth-order valence-corrected chi connectivity index (χ4v) is 0.716. The number of benzene rings is 1. The molecule has 0 atom stereocenters. The maximum absolute atomic E-state index is 12.4. The van der Waals surface area contributed by atoms with Crippen LogP contribution in [-0.4, -0.2) is 11.0 Å². The summed E-state index contributed by atoms with van der Waals surface area (Å²) in [7, 11) is 0. The number of phenolic OH excluding ortho intramolecular Hbond substituents is 1. The van der Waals surface area contributed by atoms with Crippen LogP contribution < -0.4 is 5.73 Å². The molecule has 0 fully saturated rings. The molecule has 0 unspecified atom stereocenters. The summed E-state index contributed by atoms with van der Waals surface area (Å²) in [5.74, 6) is -1.75. The Balaban J connectivity index is 3.19. The molecule has 1 rings (SSSR count). The van der Waals surface area contributed by atoms with Gasteiger partial charge in [-0.25, -0.2) is 4.39 Å². The Morgan fingerprint density at radius 2 is 2.09 bits per heavy atom. The first-order valence-electron chi connectivity index (χ1n) is 2.89. The quantitative estimate of drug-likeness (QED) is 0.624. The van der Waals surface area contributed by atoms with Crippen LogP contribution in [0.15, 0.2) is 18.2 Å². The molecule has 0 aromatic heterocycles. The van der Waals surface area contributed by atoms with E-state index in [2.05, 4.69) is 0 Å². The van der Waals surface area contributed by atoms with E-state index in [1.165, 1.54) is 0 Å².